The Balaban J connectivity index is 2.75. The van der Waals surface area contributed by atoms with Crippen molar-refractivity contribution < 1.29 is 9.90 Å². The average Bonchev–Trinajstić information content (AvgIpc) is 2.08. The van der Waals surface area contributed by atoms with Crippen molar-refractivity contribution in [1.29, 1.82) is 0 Å². The number of amides is 1. The summed E-state index contributed by atoms with van der Waals surface area (Å²) in [6.45, 7) is 1.42. The number of carbonyl (C=O) groups excluding carboxylic acids is 1. The molecule has 0 saturated carbocycles. The molecule has 1 rings (SSSR count). The molecule has 0 fully saturated rings. The summed E-state index contributed by atoms with van der Waals surface area (Å²) in [6, 6.07) is 1.68. The Morgan fingerprint density at radius 2 is 2.46 bits per heavy atom. The first kappa shape index (κ1) is 10.4. The Kier molecular flexibility index (Phi) is 3.61. The van der Waals surface area contributed by atoms with Crippen molar-refractivity contribution in [2.75, 3.05) is 5.32 Å². The van der Waals surface area contributed by atoms with Gasteiger partial charge in [0.2, 0.25) is 0 Å². The molecule has 0 saturated heterocycles. The average molecular weight is 292 g/mol. The second-order valence-electron chi connectivity index (χ2n) is 2.52. The van der Waals surface area contributed by atoms with Crippen LogP contribution >= 0.6 is 22.6 Å². The van der Waals surface area contributed by atoms with Gasteiger partial charge in [-0.15, -0.1) is 0 Å². The number of aromatic nitrogens is 1. The molecule has 1 amide bonds. The fourth-order valence-electron chi connectivity index (χ4n) is 0.714. The number of pyridine rings is 1. The lowest BCUT2D eigenvalue weighted by Gasteiger charge is -2.07. The minimum absolute atomic E-state index is 0.413. The van der Waals surface area contributed by atoms with Gasteiger partial charge in [0.1, 0.15) is 6.10 Å². The summed E-state index contributed by atoms with van der Waals surface area (Å²) < 4.78 is 0.842. The van der Waals surface area contributed by atoms with E-state index in [1.807, 2.05) is 0 Å². The molecule has 0 bridgehead atoms. The summed E-state index contributed by atoms with van der Waals surface area (Å²) in [5.41, 5.74) is 0.668. The molecule has 70 valence electrons. The van der Waals surface area contributed by atoms with Gasteiger partial charge in [0, 0.05) is 12.4 Å². The van der Waals surface area contributed by atoms with Crippen LogP contribution in [0.4, 0.5) is 5.69 Å². The number of aliphatic hydroxyl groups is 1. The molecule has 2 N–H and O–H groups in total. The Hall–Kier alpha value is -0.690. The quantitative estimate of drug-likeness (QED) is 0.800. The first-order valence-electron chi connectivity index (χ1n) is 3.69. The van der Waals surface area contributed by atoms with E-state index in [1.165, 1.54) is 6.92 Å². The van der Waals surface area contributed by atoms with Gasteiger partial charge in [-0.25, -0.2) is 0 Å². The lowest BCUT2D eigenvalue weighted by molar-refractivity contribution is -0.123. The van der Waals surface area contributed by atoms with E-state index in [1.54, 1.807) is 18.5 Å². The van der Waals surface area contributed by atoms with E-state index in [9.17, 15) is 4.79 Å². The number of anilines is 1. The minimum Gasteiger partial charge on any atom is -0.384 e. The molecule has 0 aliphatic rings. The Bertz CT molecular complexity index is 315. The maximum absolute atomic E-state index is 11.1. The van der Waals surface area contributed by atoms with Crippen LogP contribution in [0.25, 0.3) is 0 Å². The van der Waals surface area contributed by atoms with Gasteiger partial charge < -0.3 is 10.4 Å². The van der Waals surface area contributed by atoms with Gasteiger partial charge in [0.25, 0.3) is 5.91 Å². The molecule has 1 aromatic heterocycles. The predicted molar refractivity (Wildman–Crippen MR) is 57.3 cm³/mol. The third-order valence-corrected chi connectivity index (χ3v) is 2.27. The molecule has 1 aromatic rings. The highest BCUT2D eigenvalue weighted by atomic mass is 127. The molecule has 1 heterocycles. The van der Waals surface area contributed by atoms with Crippen LogP contribution in [-0.2, 0) is 4.79 Å². The van der Waals surface area contributed by atoms with Gasteiger partial charge in [-0.3, -0.25) is 9.78 Å². The summed E-state index contributed by atoms with van der Waals surface area (Å²) in [5, 5.41) is 11.5. The van der Waals surface area contributed by atoms with E-state index in [2.05, 4.69) is 32.9 Å². The van der Waals surface area contributed by atoms with E-state index in [4.69, 9.17) is 5.11 Å². The number of carbonyl (C=O) groups is 1. The number of aliphatic hydroxyl groups excluding tert-OH is 1. The predicted octanol–water partition coefficient (Wildman–Crippen LogP) is 1.01. The largest absolute Gasteiger partial charge is 0.384 e. The summed E-state index contributed by atoms with van der Waals surface area (Å²) in [4.78, 5) is 15.0. The molecule has 13 heavy (non-hydrogen) atoms. The van der Waals surface area contributed by atoms with E-state index in [-0.39, 0.29) is 0 Å². The second kappa shape index (κ2) is 4.52. The zero-order valence-corrected chi connectivity index (χ0v) is 9.15. The molecule has 0 spiro atoms. The molecule has 1 atom stereocenters. The van der Waals surface area contributed by atoms with E-state index in [0.29, 0.717) is 5.69 Å². The van der Waals surface area contributed by atoms with Crippen LogP contribution < -0.4 is 5.32 Å². The van der Waals surface area contributed by atoms with Gasteiger partial charge in [-0.05, 0) is 35.6 Å². The van der Waals surface area contributed by atoms with Crippen LogP contribution in [0.2, 0.25) is 0 Å². The van der Waals surface area contributed by atoms with Crippen LogP contribution in [0.3, 0.4) is 0 Å². The maximum atomic E-state index is 11.1. The molecule has 0 aliphatic carbocycles. The van der Waals surface area contributed by atoms with Crippen LogP contribution in [0.1, 0.15) is 6.92 Å². The van der Waals surface area contributed by atoms with Crippen LogP contribution in [0.5, 0.6) is 0 Å². The summed E-state index contributed by atoms with van der Waals surface area (Å²) in [7, 11) is 0. The fraction of sp³-hybridized carbons (Fsp3) is 0.250. The Morgan fingerprint density at radius 3 is 3.00 bits per heavy atom. The number of hydrogen-bond donors (Lipinski definition) is 2. The molecule has 0 radical (unpaired) electrons. The number of hydrogen-bond acceptors (Lipinski definition) is 3. The van der Waals surface area contributed by atoms with Crippen LogP contribution in [-0.4, -0.2) is 22.1 Å². The second-order valence-corrected chi connectivity index (χ2v) is 3.68. The number of nitrogens with one attached hydrogen (secondary N) is 1. The summed E-state index contributed by atoms with van der Waals surface area (Å²) in [6.07, 6.45) is 2.22. The van der Waals surface area contributed by atoms with E-state index >= 15 is 0 Å². The normalized spacial score (nSPS) is 12.2. The van der Waals surface area contributed by atoms with Crippen molar-refractivity contribution in [3.05, 3.63) is 22.0 Å². The van der Waals surface area contributed by atoms with Crippen molar-refractivity contribution in [3.63, 3.8) is 0 Å². The van der Waals surface area contributed by atoms with Gasteiger partial charge in [-0.2, -0.15) is 0 Å². The highest BCUT2D eigenvalue weighted by Gasteiger charge is 2.09. The molecular formula is C8H9IN2O2. The molecule has 0 aliphatic heterocycles. The monoisotopic (exact) mass is 292 g/mol. The van der Waals surface area contributed by atoms with Crippen molar-refractivity contribution in [3.8, 4) is 0 Å². The van der Waals surface area contributed by atoms with Crippen LogP contribution in [0, 0.1) is 3.57 Å². The topological polar surface area (TPSA) is 62.2 Å². The highest BCUT2D eigenvalue weighted by Crippen LogP contribution is 2.15. The van der Waals surface area contributed by atoms with Gasteiger partial charge in [0.05, 0.1) is 9.26 Å². The third kappa shape index (κ3) is 2.92. The fourth-order valence-corrected chi connectivity index (χ4v) is 1.19. The molecule has 0 unspecified atom stereocenters. The Morgan fingerprint density at radius 1 is 1.77 bits per heavy atom. The van der Waals surface area contributed by atoms with Crippen molar-refractivity contribution in [2.24, 2.45) is 0 Å². The first-order valence-corrected chi connectivity index (χ1v) is 4.77. The van der Waals surface area contributed by atoms with E-state index in [0.717, 1.165) is 3.57 Å². The van der Waals surface area contributed by atoms with Gasteiger partial charge in [0.15, 0.2) is 0 Å². The number of nitrogens with zero attached hydrogens (tertiary/aromatic N) is 1. The first-order chi connectivity index (χ1) is 6.11. The zero-order valence-electron chi connectivity index (χ0n) is 6.99. The zero-order chi connectivity index (χ0) is 9.84. The molecule has 5 heteroatoms. The van der Waals surface area contributed by atoms with Crippen LogP contribution in [0.15, 0.2) is 18.5 Å². The molecule has 4 nitrogen and oxygen atoms in total. The highest BCUT2D eigenvalue weighted by molar-refractivity contribution is 14.1. The summed E-state index contributed by atoms with van der Waals surface area (Å²) in [5.74, 6) is -0.413. The van der Waals surface area contributed by atoms with Gasteiger partial charge in [-0.1, -0.05) is 0 Å². The lowest BCUT2D eigenvalue weighted by atomic mass is 10.3. The van der Waals surface area contributed by atoms with Gasteiger partial charge >= 0.3 is 0 Å². The van der Waals surface area contributed by atoms with Crippen molar-refractivity contribution in [2.45, 2.75) is 13.0 Å². The molecule has 0 aromatic carbocycles. The van der Waals surface area contributed by atoms with Crippen molar-refractivity contribution in [1.82, 2.24) is 4.98 Å². The molecular weight excluding hydrogens is 283 g/mol. The number of halogens is 1. The smallest absolute Gasteiger partial charge is 0.252 e. The van der Waals surface area contributed by atoms with E-state index < -0.39 is 12.0 Å². The third-order valence-electron chi connectivity index (χ3n) is 1.41. The Labute approximate surface area is 89.5 Å². The SMILES string of the molecule is C[C@H](O)C(=O)Nc1ccncc1I. The standard InChI is InChI=1S/C8H9IN2O2/c1-5(12)8(13)11-7-2-3-10-4-6(7)9/h2-5,12H,1H3,(H,10,11,13)/t5-/m0/s1. The lowest BCUT2D eigenvalue weighted by Crippen LogP contribution is -2.24. The number of rotatable bonds is 2. The maximum Gasteiger partial charge on any atom is 0.252 e. The van der Waals surface area contributed by atoms with Crippen molar-refractivity contribution >= 4 is 34.2 Å². The summed E-state index contributed by atoms with van der Waals surface area (Å²) >= 11 is 2.06. The minimum atomic E-state index is -0.996.